The Hall–Kier alpha value is -0.860. The minimum absolute atomic E-state index is 0.150. The number of rotatable bonds is 2. The van der Waals surface area contributed by atoms with Crippen LogP contribution in [0, 0.1) is 5.41 Å². The zero-order chi connectivity index (χ0) is 10.8. The lowest BCUT2D eigenvalue weighted by Crippen LogP contribution is -2.34. The molecule has 2 nitrogen and oxygen atoms in total. The second-order valence-corrected chi connectivity index (χ2v) is 4.82. The van der Waals surface area contributed by atoms with Gasteiger partial charge in [0, 0.05) is 6.08 Å². The number of hydrogen-bond donors (Lipinski definition) is 1. The van der Waals surface area contributed by atoms with Crippen LogP contribution in [0.5, 0.6) is 0 Å². The molecule has 0 spiro atoms. The average molecular weight is 200 g/mol. The van der Waals surface area contributed by atoms with Crippen LogP contribution in [0.3, 0.4) is 0 Å². The molecule has 0 heterocycles. The first-order valence-electron chi connectivity index (χ1n) is 4.93. The predicted octanol–water partition coefficient (Wildman–Crippen LogP) is 2.94. The summed E-state index contributed by atoms with van der Waals surface area (Å²) < 4.78 is 14.0. The maximum absolute atomic E-state index is 14.0. The van der Waals surface area contributed by atoms with Crippen molar-refractivity contribution in [1.29, 1.82) is 0 Å². The van der Waals surface area contributed by atoms with Crippen molar-refractivity contribution in [2.75, 3.05) is 0 Å². The Kier molecular flexibility index (Phi) is 2.98. The lowest BCUT2D eigenvalue weighted by molar-refractivity contribution is -0.104. The standard InChI is InChI=1S/C11H17FO2/c1-10(2)4-6-11(12,7-5-10)9(14)3-8-13/h3,8,14H,4-7H2,1-2H3/b9-3-. The SMILES string of the molecule is CC1(C)CCC(F)(/C(O)=C/C=O)CC1. The fraction of sp³-hybridized carbons (Fsp3) is 0.727. The van der Waals surface area contributed by atoms with Crippen LogP contribution in [0.1, 0.15) is 39.5 Å². The van der Waals surface area contributed by atoms with Gasteiger partial charge in [-0.1, -0.05) is 13.8 Å². The molecular formula is C11H17FO2. The van der Waals surface area contributed by atoms with Crippen molar-refractivity contribution in [1.82, 2.24) is 0 Å². The summed E-state index contributed by atoms with van der Waals surface area (Å²) in [6, 6.07) is 0. The molecule has 0 aromatic rings. The Balaban J connectivity index is 2.71. The first-order chi connectivity index (χ1) is 6.40. The number of aliphatic hydroxyl groups excluding tert-OH is 1. The molecule has 0 radical (unpaired) electrons. The molecule has 1 saturated carbocycles. The van der Waals surface area contributed by atoms with E-state index in [1.54, 1.807) is 0 Å². The zero-order valence-electron chi connectivity index (χ0n) is 8.72. The van der Waals surface area contributed by atoms with Crippen LogP contribution in [0.25, 0.3) is 0 Å². The highest BCUT2D eigenvalue weighted by atomic mass is 19.1. The molecule has 14 heavy (non-hydrogen) atoms. The summed E-state index contributed by atoms with van der Waals surface area (Å²) in [5.41, 5.74) is -1.52. The number of aldehydes is 1. The summed E-state index contributed by atoms with van der Waals surface area (Å²) in [5, 5.41) is 9.36. The molecule has 0 unspecified atom stereocenters. The van der Waals surface area contributed by atoms with Crippen molar-refractivity contribution < 1.29 is 14.3 Å². The van der Waals surface area contributed by atoms with Crippen LogP contribution < -0.4 is 0 Å². The van der Waals surface area contributed by atoms with Crippen LogP contribution in [0.15, 0.2) is 11.8 Å². The molecule has 1 rings (SSSR count). The van der Waals surface area contributed by atoms with Crippen molar-refractivity contribution in [2.24, 2.45) is 5.41 Å². The van der Waals surface area contributed by atoms with E-state index in [1.165, 1.54) is 0 Å². The molecule has 0 amide bonds. The third-order valence-corrected chi connectivity index (χ3v) is 3.08. The zero-order valence-corrected chi connectivity index (χ0v) is 8.72. The van der Waals surface area contributed by atoms with Crippen molar-refractivity contribution >= 4 is 6.29 Å². The van der Waals surface area contributed by atoms with Crippen LogP contribution >= 0.6 is 0 Å². The lowest BCUT2D eigenvalue weighted by Gasteiger charge is -2.37. The molecule has 0 atom stereocenters. The number of carbonyl (C=O) groups is 1. The second kappa shape index (κ2) is 3.71. The average Bonchev–Trinajstić information content (AvgIpc) is 2.11. The number of hydrogen-bond acceptors (Lipinski definition) is 2. The summed E-state index contributed by atoms with van der Waals surface area (Å²) in [4.78, 5) is 10.1. The van der Waals surface area contributed by atoms with E-state index in [4.69, 9.17) is 0 Å². The van der Waals surface area contributed by atoms with E-state index in [2.05, 4.69) is 13.8 Å². The molecule has 0 aliphatic heterocycles. The van der Waals surface area contributed by atoms with Crippen molar-refractivity contribution in [3.8, 4) is 0 Å². The summed E-state index contributed by atoms with van der Waals surface area (Å²) in [5.74, 6) is -0.414. The fourth-order valence-corrected chi connectivity index (χ4v) is 1.79. The lowest BCUT2D eigenvalue weighted by atomic mass is 9.71. The third-order valence-electron chi connectivity index (χ3n) is 3.08. The van der Waals surface area contributed by atoms with Crippen molar-refractivity contribution in [2.45, 2.75) is 45.2 Å². The van der Waals surface area contributed by atoms with Gasteiger partial charge in [0.1, 0.15) is 12.0 Å². The Bertz CT molecular complexity index is 246. The van der Waals surface area contributed by atoms with Gasteiger partial charge in [0.05, 0.1) is 0 Å². The molecule has 1 N–H and O–H groups in total. The third kappa shape index (κ3) is 2.34. The molecule has 0 aromatic heterocycles. The smallest absolute Gasteiger partial charge is 0.167 e. The molecule has 80 valence electrons. The van der Waals surface area contributed by atoms with E-state index < -0.39 is 11.4 Å². The molecule has 0 aromatic carbocycles. The molecule has 0 bridgehead atoms. The van der Waals surface area contributed by atoms with Gasteiger partial charge < -0.3 is 5.11 Å². The molecule has 1 fully saturated rings. The minimum atomic E-state index is -1.67. The van der Waals surface area contributed by atoms with Gasteiger partial charge in [-0.15, -0.1) is 0 Å². The molecule has 3 heteroatoms. The predicted molar refractivity (Wildman–Crippen MR) is 52.9 cm³/mol. The number of alkyl halides is 1. The Morgan fingerprint density at radius 1 is 1.29 bits per heavy atom. The summed E-state index contributed by atoms with van der Waals surface area (Å²) in [6.45, 7) is 4.18. The summed E-state index contributed by atoms with van der Waals surface area (Å²) in [7, 11) is 0. The highest BCUT2D eigenvalue weighted by Crippen LogP contribution is 2.44. The van der Waals surface area contributed by atoms with E-state index in [-0.39, 0.29) is 5.41 Å². The van der Waals surface area contributed by atoms with Crippen LogP contribution in [0.4, 0.5) is 4.39 Å². The van der Waals surface area contributed by atoms with Gasteiger partial charge in [-0.3, -0.25) is 4.79 Å². The van der Waals surface area contributed by atoms with Gasteiger partial charge in [-0.05, 0) is 31.1 Å². The summed E-state index contributed by atoms with van der Waals surface area (Å²) >= 11 is 0. The molecule has 1 aliphatic rings. The largest absolute Gasteiger partial charge is 0.509 e. The van der Waals surface area contributed by atoms with Gasteiger partial charge in [0.2, 0.25) is 0 Å². The van der Waals surface area contributed by atoms with E-state index >= 15 is 0 Å². The van der Waals surface area contributed by atoms with Gasteiger partial charge in [-0.25, -0.2) is 4.39 Å². The fourth-order valence-electron chi connectivity index (χ4n) is 1.79. The normalized spacial score (nSPS) is 25.8. The van der Waals surface area contributed by atoms with Crippen molar-refractivity contribution in [3.63, 3.8) is 0 Å². The van der Waals surface area contributed by atoms with E-state index in [9.17, 15) is 14.3 Å². The van der Waals surface area contributed by atoms with Crippen LogP contribution in [-0.2, 0) is 4.79 Å². The first kappa shape index (κ1) is 11.2. The van der Waals surface area contributed by atoms with Gasteiger partial charge in [0.15, 0.2) is 5.67 Å². The molecule has 0 saturated heterocycles. The maximum Gasteiger partial charge on any atom is 0.167 e. The topological polar surface area (TPSA) is 37.3 Å². The van der Waals surface area contributed by atoms with Crippen molar-refractivity contribution in [3.05, 3.63) is 11.8 Å². The van der Waals surface area contributed by atoms with E-state index in [1.807, 2.05) is 0 Å². The van der Waals surface area contributed by atoms with Crippen LogP contribution in [-0.4, -0.2) is 17.1 Å². The highest BCUT2D eigenvalue weighted by Gasteiger charge is 2.41. The molecule has 1 aliphatic carbocycles. The molecular weight excluding hydrogens is 183 g/mol. The monoisotopic (exact) mass is 200 g/mol. The maximum atomic E-state index is 14.0. The quantitative estimate of drug-likeness (QED) is 0.422. The van der Waals surface area contributed by atoms with E-state index in [0.29, 0.717) is 19.1 Å². The Morgan fingerprint density at radius 3 is 2.21 bits per heavy atom. The van der Waals surface area contributed by atoms with Crippen LogP contribution in [0.2, 0.25) is 0 Å². The van der Waals surface area contributed by atoms with E-state index in [0.717, 1.165) is 18.9 Å². The summed E-state index contributed by atoms with van der Waals surface area (Å²) in [6.07, 6.45) is 3.42. The minimum Gasteiger partial charge on any atom is -0.509 e. The number of allylic oxidation sites excluding steroid dienone is 2. The van der Waals surface area contributed by atoms with Gasteiger partial charge in [-0.2, -0.15) is 0 Å². The number of carbonyl (C=O) groups excluding carboxylic acids is 1. The first-order valence-corrected chi connectivity index (χ1v) is 4.93. The Morgan fingerprint density at radius 2 is 1.79 bits per heavy atom. The second-order valence-electron chi connectivity index (χ2n) is 4.82. The number of aliphatic hydroxyl groups is 1. The Labute approximate surface area is 83.8 Å². The van der Waals surface area contributed by atoms with Gasteiger partial charge >= 0.3 is 0 Å². The highest BCUT2D eigenvalue weighted by molar-refractivity contribution is 5.66. The van der Waals surface area contributed by atoms with Gasteiger partial charge in [0.25, 0.3) is 0 Å². The number of halogens is 1.